The number of furan rings is 1. The van der Waals surface area contributed by atoms with Crippen LogP contribution in [-0.4, -0.2) is 30.6 Å². The van der Waals surface area contributed by atoms with Crippen LogP contribution in [0, 0.1) is 6.92 Å². The average molecular weight is 514 g/mol. The van der Waals surface area contributed by atoms with Crippen molar-refractivity contribution in [3.05, 3.63) is 69.5 Å². The molecular weight excluding hydrogens is 482 g/mol. The first-order valence-electron chi connectivity index (χ1n) is 11.9. The summed E-state index contributed by atoms with van der Waals surface area (Å²) in [4.78, 5) is 38.2. The number of anilines is 1. The van der Waals surface area contributed by atoms with Gasteiger partial charge in [-0.3, -0.25) is 4.79 Å². The molecular formula is C27H31NO7S. The van der Waals surface area contributed by atoms with Gasteiger partial charge in [-0.05, 0) is 69.5 Å². The molecule has 2 aromatic heterocycles. The molecule has 0 aliphatic carbocycles. The standard InChI is InChI=1S/C27H31NO7S/c1-6-8-18-9-11-19(12-10-18)33-15-20-13-14-21(35-20)24(29)28-25-22(26(30)34-16(3)4)17(5)23(36-25)27(31)32-7-2/h9-14,16H,6-8,15H2,1-5H3,(H,28,29). The maximum absolute atomic E-state index is 12.9. The van der Waals surface area contributed by atoms with Crippen LogP contribution in [0.1, 0.15) is 81.6 Å². The highest BCUT2D eigenvalue weighted by molar-refractivity contribution is 7.18. The number of carbonyl (C=O) groups is 3. The van der Waals surface area contributed by atoms with Crippen molar-refractivity contribution in [1.82, 2.24) is 0 Å². The molecule has 0 saturated carbocycles. The van der Waals surface area contributed by atoms with Crippen LogP contribution in [0.5, 0.6) is 5.75 Å². The Hall–Kier alpha value is -3.59. The van der Waals surface area contributed by atoms with Crippen LogP contribution in [0.3, 0.4) is 0 Å². The topological polar surface area (TPSA) is 104 Å². The van der Waals surface area contributed by atoms with Gasteiger partial charge in [-0.25, -0.2) is 9.59 Å². The molecule has 0 unspecified atom stereocenters. The van der Waals surface area contributed by atoms with Crippen molar-refractivity contribution in [3.63, 3.8) is 0 Å². The fourth-order valence-electron chi connectivity index (χ4n) is 3.45. The Morgan fingerprint density at radius 2 is 1.75 bits per heavy atom. The van der Waals surface area contributed by atoms with E-state index in [1.165, 1.54) is 11.6 Å². The van der Waals surface area contributed by atoms with E-state index in [1.54, 1.807) is 33.8 Å². The van der Waals surface area contributed by atoms with Crippen LogP contribution in [-0.2, 0) is 22.5 Å². The van der Waals surface area contributed by atoms with Crippen molar-refractivity contribution in [2.24, 2.45) is 0 Å². The Morgan fingerprint density at radius 1 is 1.03 bits per heavy atom. The molecule has 8 nitrogen and oxygen atoms in total. The third-order valence-electron chi connectivity index (χ3n) is 5.11. The highest BCUT2D eigenvalue weighted by Gasteiger charge is 2.28. The fourth-order valence-corrected chi connectivity index (χ4v) is 4.53. The first-order chi connectivity index (χ1) is 17.2. The summed E-state index contributed by atoms with van der Waals surface area (Å²) in [7, 11) is 0. The lowest BCUT2D eigenvalue weighted by Crippen LogP contribution is -2.16. The van der Waals surface area contributed by atoms with Crippen LogP contribution < -0.4 is 10.1 Å². The van der Waals surface area contributed by atoms with E-state index in [0.29, 0.717) is 17.1 Å². The van der Waals surface area contributed by atoms with Gasteiger partial charge >= 0.3 is 11.9 Å². The van der Waals surface area contributed by atoms with Crippen molar-refractivity contribution in [1.29, 1.82) is 0 Å². The number of hydrogen-bond donors (Lipinski definition) is 1. The molecule has 36 heavy (non-hydrogen) atoms. The highest BCUT2D eigenvalue weighted by Crippen LogP contribution is 2.35. The highest BCUT2D eigenvalue weighted by atomic mass is 32.1. The number of nitrogens with one attached hydrogen (secondary N) is 1. The number of ether oxygens (including phenoxy) is 3. The zero-order valence-electron chi connectivity index (χ0n) is 21.1. The molecule has 0 atom stereocenters. The largest absolute Gasteiger partial charge is 0.486 e. The Labute approximate surface area is 214 Å². The Bertz CT molecular complexity index is 1210. The van der Waals surface area contributed by atoms with E-state index < -0.39 is 17.8 Å². The van der Waals surface area contributed by atoms with Crippen molar-refractivity contribution >= 4 is 34.2 Å². The molecule has 3 aromatic rings. The quantitative estimate of drug-likeness (QED) is 0.306. The van der Waals surface area contributed by atoms with E-state index in [4.69, 9.17) is 18.6 Å². The monoisotopic (exact) mass is 513 g/mol. The molecule has 2 heterocycles. The van der Waals surface area contributed by atoms with Gasteiger partial charge in [-0.2, -0.15) is 0 Å². The summed E-state index contributed by atoms with van der Waals surface area (Å²) < 4.78 is 21.8. The number of rotatable bonds is 11. The van der Waals surface area contributed by atoms with Gasteiger partial charge in [0.05, 0.1) is 18.3 Å². The first-order valence-corrected chi connectivity index (χ1v) is 12.7. The second kappa shape index (κ2) is 12.4. The zero-order valence-corrected chi connectivity index (χ0v) is 22.0. The molecule has 0 spiro atoms. The number of esters is 2. The van der Waals surface area contributed by atoms with E-state index in [0.717, 1.165) is 24.2 Å². The number of aryl methyl sites for hydroxylation is 1. The van der Waals surface area contributed by atoms with Crippen LogP contribution in [0.4, 0.5) is 5.00 Å². The average Bonchev–Trinajstić information content (AvgIpc) is 3.43. The predicted molar refractivity (Wildman–Crippen MR) is 137 cm³/mol. The molecule has 0 aliphatic rings. The van der Waals surface area contributed by atoms with Gasteiger partial charge in [0.2, 0.25) is 0 Å². The zero-order chi connectivity index (χ0) is 26.2. The van der Waals surface area contributed by atoms with Gasteiger partial charge < -0.3 is 23.9 Å². The third kappa shape index (κ3) is 6.75. The molecule has 3 rings (SSSR count). The second-order valence-electron chi connectivity index (χ2n) is 8.34. The first kappa shape index (κ1) is 27.0. The summed E-state index contributed by atoms with van der Waals surface area (Å²) >= 11 is 0.958. The summed E-state index contributed by atoms with van der Waals surface area (Å²) in [5.41, 5.74) is 1.75. The fraction of sp³-hybridized carbons (Fsp3) is 0.370. The van der Waals surface area contributed by atoms with Gasteiger partial charge in [-0.1, -0.05) is 25.5 Å². The van der Waals surface area contributed by atoms with Crippen LogP contribution in [0.25, 0.3) is 0 Å². The Kier molecular flexibility index (Phi) is 9.30. The predicted octanol–water partition coefficient (Wildman–Crippen LogP) is 6.18. The molecule has 0 radical (unpaired) electrons. The van der Waals surface area contributed by atoms with Crippen molar-refractivity contribution in [3.8, 4) is 5.75 Å². The van der Waals surface area contributed by atoms with E-state index in [2.05, 4.69) is 12.2 Å². The molecule has 0 bridgehead atoms. The van der Waals surface area contributed by atoms with Gasteiger partial charge in [0, 0.05) is 0 Å². The minimum absolute atomic E-state index is 0.0406. The van der Waals surface area contributed by atoms with E-state index in [-0.39, 0.29) is 40.5 Å². The number of amides is 1. The Morgan fingerprint density at radius 3 is 2.39 bits per heavy atom. The van der Waals surface area contributed by atoms with Crippen LogP contribution >= 0.6 is 11.3 Å². The van der Waals surface area contributed by atoms with Crippen molar-refractivity contribution in [2.75, 3.05) is 11.9 Å². The van der Waals surface area contributed by atoms with Gasteiger partial charge in [0.25, 0.3) is 5.91 Å². The molecule has 1 aromatic carbocycles. The molecule has 1 amide bonds. The number of thiophene rings is 1. The van der Waals surface area contributed by atoms with Gasteiger partial charge in [0.1, 0.15) is 28.0 Å². The normalized spacial score (nSPS) is 10.8. The summed E-state index contributed by atoms with van der Waals surface area (Å²) in [6, 6.07) is 11.0. The number of benzene rings is 1. The maximum atomic E-state index is 12.9. The number of hydrogen-bond acceptors (Lipinski definition) is 8. The molecule has 9 heteroatoms. The van der Waals surface area contributed by atoms with Crippen LogP contribution in [0.2, 0.25) is 0 Å². The third-order valence-corrected chi connectivity index (χ3v) is 6.30. The SMILES string of the molecule is CCCc1ccc(OCc2ccc(C(=O)Nc3sc(C(=O)OCC)c(C)c3C(=O)OC(C)C)o2)cc1. The number of carbonyl (C=O) groups excluding carboxylic acids is 3. The maximum Gasteiger partial charge on any atom is 0.348 e. The lowest BCUT2D eigenvalue weighted by Gasteiger charge is -2.10. The van der Waals surface area contributed by atoms with E-state index >= 15 is 0 Å². The second-order valence-corrected chi connectivity index (χ2v) is 9.36. The van der Waals surface area contributed by atoms with E-state index in [1.807, 2.05) is 24.3 Å². The van der Waals surface area contributed by atoms with Gasteiger partial charge in [0.15, 0.2) is 5.76 Å². The smallest absolute Gasteiger partial charge is 0.348 e. The minimum Gasteiger partial charge on any atom is -0.486 e. The van der Waals surface area contributed by atoms with Crippen LogP contribution in [0.15, 0.2) is 40.8 Å². The molecule has 192 valence electrons. The Balaban J connectivity index is 1.73. The molecule has 0 fully saturated rings. The lowest BCUT2D eigenvalue weighted by molar-refractivity contribution is 0.0379. The molecule has 1 N–H and O–H groups in total. The lowest BCUT2D eigenvalue weighted by atomic mass is 10.1. The molecule has 0 aliphatic heterocycles. The summed E-state index contributed by atoms with van der Waals surface area (Å²) in [5.74, 6) is -0.570. The summed E-state index contributed by atoms with van der Waals surface area (Å²) in [6.45, 7) is 9.21. The van der Waals surface area contributed by atoms with Gasteiger partial charge in [-0.15, -0.1) is 11.3 Å². The van der Waals surface area contributed by atoms with Crippen molar-refractivity contribution in [2.45, 2.75) is 60.2 Å². The van der Waals surface area contributed by atoms with Crippen molar-refractivity contribution < 1.29 is 33.0 Å². The summed E-state index contributed by atoms with van der Waals surface area (Å²) in [6.07, 6.45) is 1.72. The molecule has 0 saturated heterocycles. The van der Waals surface area contributed by atoms with E-state index in [9.17, 15) is 14.4 Å². The summed E-state index contributed by atoms with van der Waals surface area (Å²) in [5, 5.41) is 2.87. The minimum atomic E-state index is -0.636.